The lowest BCUT2D eigenvalue weighted by Crippen LogP contribution is -2.45. The third-order valence-electron chi connectivity index (χ3n) is 6.77. The van der Waals surface area contributed by atoms with E-state index in [2.05, 4.69) is 109 Å². The van der Waals surface area contributed by atoms with Crippen LogP contribution in [0.15, 0.2) is 91.0 Å². The summed E-state index contributed by atoms with van der Waals surface area (Å²) in [5, 5.41) is 0. The highest BCUT2D eigenvalue weighted by Gasteiger charge is 2.34. The molecule has 0 atom stereocenters. The van der Waals surface area contributed by atoms with Crippen LogP contribution in [0.2, 0.25) is 0 Å². The van der Waals surface area contributed by atoms with E-state index in [0.717, 1.165) is 25.7 Å². The Morgan fingerprint density at radius 1 is 0.694 bits per heavy atom. The maximum Gasteiger partial charge on any atom is 0.673 e. The van der Waals surface area contributed by atoms with E-state index >= 15 is 0 Å². The van der Waals surface area contributed by atoms with Crippen molar-refractivity contribution in [3.05, 3.63) is 102 Å². The summed E-state index contributed by atoms with van der Waals surface area (Å²) in [6.45, 7) is 4.64. The topological polar surface area (TPSA) is 3.88 Å². The Bertz CT molecular complexity index is 1290. The van der Waals surface area contributed by atoms with E-state index in [1.54, 1.807) is 0 Å². The van der Waals surface area contributed by atoms with Crippen LogP contribution in [0.1, 0.15) is 43.9 Å². The van der Waals surface area contributed by atoms with E-state index in [1.807, 2.05) is 0 Å². The summed E-state index contributed by atoms with van der Waals surface area (Å²) in [5.41, 5.74) is 11.1. The first kappa shape index (κ1) is 25.7. The average molecular weight is 491 g/mol. The first-order valence-electron chi connectivity index (χ1n) is 12.5. The molecule has 36 heavy (non-hydrogen) atoms. The van der Waals surface area contributed by atoms with Crippen LogP contribution < -0.4 is 4.57 Å². The van der Waals surface area contributed by atoms with Gasteiger partial charge in [-0.15, -0.1) is 0 Å². The van der Waals surface area contributed by atoms with Gasteiger partial charge in [-0.1, -0.05) is 80.6 Å². The molecule has 0 fully saturated rings. The van der Waals surface area contributed by atoms with Crippen molar-refractivity contribution >= 4 is 7.25 Å². The molecule has 0 aliphatic heterocycles. The molecule has 0 bridgehead atoms. The monoisotopic (exact) mass is 491 g/mol. The van der Waals surface area contributed by atoms with Gasteiger partial charge in [0.2, 0.25) is 11.4 Å². The standard InChI is InChI=1S/C30H30N.BF4/c1-3-25(4-2)31-29(24-16-9-6-10-17-24)21-28(22-13-7-5-8-14-22)27-20-19-23-15-11-12-18-26(23)30(27)31;2-1(3,4)5/h5-18,21,25H,3-4,19-20H2,1-2H3;/q+1;-1. The zero-order valence-electron chi connectivity index (χ0n) is 20.6. The first-order chi connectivity index (χ1) is 17.3. The molecule has 0 saturated carbocycles. The van der Waals surface area contributed by atoms with E-state index in [1.165, 1.54) is 44.8 Å². The summed E-state index contributed by atoms with van der Waals surface area (Å²) >= 11 is 0. The number of aromatic nitrogens is 1. The smallest absolute Gasteiger partial charge is 0.418 e. The zero-order chi connectivity index (χ0) is 25.7. The number of rotatable bonds is 5. The molecule has 0 amide bonds. The number of nitrogens with zero attached hydrogens (tertiary/aromatic N) is 1. The Morgan fingerprint density at radius 2 is 1.22 bits per heavy atom. The van der Waals surface area contributed by atoms with E-state index in [0.29, 0.717) is 6.04 Å². The van der Waals surface area contributed by atoms with Gasteiger partial charge < -0.3 is 17.3 Å². The fourth-order valence-corrected chi connectivity index (χ4v) is 5.20. The highest BCUT2D eigenvalue weighted by atomic mass is 19.5. The number of hydrogen-bond acceptors (Lipinski definition) is 0. The molecular formula is C30H30BF4N. The second kappa shape index (κ2) is 11.1. The minimum atomic E-state index is -6.00. The fourth-order valence-electron chi connectivity index (χ4n) is 5.20. The summed E-state index contributed by atoms with van der Waals surface area (Å²) in [4.78, 5) is 0. The number of halogens is 4. The third kappa shape index (κ3) is 5.70. The molecule has 0 saturated heterocycles. The number of fused-ring (bicyclic) bond motifs is 3. The van der Waals surface area contributed by atoms with Gasteiger partial charge in [0, 0.05) is 35.6 Å². The SMILES string of the molecule is CCC(CC)[n+]1c(-c2ccccc2)cc(-c2ccccc2)c2c1-c1ccccc1CC2.F[B-](F)(F)F. The molecule has 6 heteroatoms. The van der Waals surface area contributed by atoms with E-state index < -0.39 is 7.25 Å². The average Bonchev–Trinajstić information content (AvgIpc) is 2.89. The first-order valence-corrected chi connectivity index (χ1v) is 12.5. The van der Waals surface area contributed by atoms with Gasteiger partial charge in [-0.25, -0.2) is 0 Å². The molecule has 186 valence electrons. The van der Waals surface area contributed by atoms with Gasteiger partial charge in [0.05, 0.1) is 0 Å². The lowest BCUT2D eigenvalue weighted by molar-refractivity contribution is -0.703. The van der Waals surface area contributed by atoms with Gasteiger partial charge in [-0.05, 0) is 47.7 Å². The van der Waals surface area contributed by atoms with Crippen LogP contribution in [0, 0.1) is 0 Å². The highest BCUT2D eigenvalue weighted by Crippen LogP contribution is 2.40. The Balaban J connectivity index is 0.000000556. The van der Waals surface area contributed by atoms with E-state index in [-0.39, 0.29) is 0 Å². The van der Waals surface area contributed by atoms with E-state index in [4.69, 9.17) is 0 Å². The lowest BCUT2D eigenvalue weighted by Gasteiger charge is -2.25. The normalized spacial score (nSPS) is 12.4. The summed E-state index contributed by atoms with van der Waals surface area (Å²) < 4.78 is 41.7. The molecule has 1 nitrogen and oxygen atoms in total. The number of benzene rings is 3. The predicted molar refractivity (Wildman–Crippen MR) is 140 cm³/mol. The number of aryl methyl sites for hydroxylation is 1. The summed E-state index contributed by atoms with van der Waals surface area (Å²) in [6, 6.07) is 33.8. The van der Waals surface area contributed by atoms with Crippen molar-refractivity contribution < 1.29 is 21.8 Å². The van der Waals surface area contributed by atoms with Gasteiger partial charge in [-0.2, -0.15) is 4.57 Å². The van der Waals surface area contributed by atoms with Crippen LogP contribution in [0.25, 0.3) is 33.6 Å². The Labute approximate surface area is 210 Å². The molecule has 0 N–H and O–H groups in total. The van der Waals surface area contributed by atoms with Crippen molar-refractivity contribution in [1.29, 1.82) is 0 Å². The van der Waals surface area contributed by atoms with Crippen LogP contribution >= 0.6 is 0 Å². The molecule has 1 aliphatic carbocycles. The summed E-state index contributed by atoms with van der Waals surface area (Å²) in [5.74, 6) is 0. The Kier molecular flexibility index (Phi) is 7.93. The van der Waals surface area contributed by atoms with E-state index in [9.17, 15) is 17.3 Å². The molecule has 5 rings (SSSR count). The largest absolute Gasteiger partial charge is 0.673 e. The van der Waals surface area contributed by atoms with Crippen molar-refractivity contribution in [3.8, 4) is 33.6 Å². The molecular weight excluding hydrogens is 461 g/mol. The van der Waals surface area contributed by atoms with Crippen LogP contribution in [0.5, 0.6) is 0 Å². The van der Waals surface area contributed by atoms with Crippen LogP contribution in [0.4, 0.5) is 17.3 Å². The molecule has 1 aliphatic rings. The van der Waals surface area contributed by atoms with Crippen LogP contribution in [0.3, 0.4) is 0 Å². The molecule has 4 aromatic rings. The van der Waals surface area contributed by atoms with Crippen molar-refractivity contribution in [3.63, 3.8) is 0 Å². The maximum absolute atomic E-state index is 9.75. The third-order valence-corrected chi connectivity index (χ3v) is 6.77. The predicted octanol–water partition coefficient (Wildman–Crippen LogP) is 8.73. The van der Waals surface area contributed by atoms with Crippen molar-refractivity contribution in [1.82, 2.24) is 0 Å². The van der Waals surface area contributed by atoms with Crippen LogP contribution in [-0.2, 0) is 12.8 Å². The Hall–Kier alpha value is -3.41. The maximum atomic E-state index is 9.75. The minimum absolute atomic E-state index is 0.472. The Morgan fingerprint density at radius 3 is 1.81 bits per heavy atom. The van der Waals surface area contributed by atoms with Gasteiger partial charge in [0.1, 0.15) is 0 Å². The number of hydrogen-bond donors (Lipinski definition) is 0. The van der Waals surface area contributed by atoms with Gasteiger partial charge in [0.25, 0.3) is 0 Å². The second-order valence-electron chi connectivity index (χ2n) is 8.99. The lowest BCUT2D eigenvalue weighted by atomic mass is 9.83. The highest BCUT2D eigenvalue weighted by molar-refractivity contribution is 6.50. The summed E-state index contributed by atoms with van der Waals surface area (Å²) in [6.07, 6.45) is 4.45. The van der Waals surface area contributed by atoms with Gasteiger partial charge >= 0.3 is 7.25 Å². The fraction of sp³-hybridized carbons (Fsp3) is 0.233. The quantitative estimate of drug-likeness (QED) is 0.149. The second-order valence-corrected chi connectivity index (χ2v) is 8.99. The molecule has 0 unspecified atom stereocenters. The molecule has 0 radical (unpaired) electrons. The molecule has 1 aromatic heterocycles. The van der Waals surface area contributed by atoms with Gasteiger partial charge in [0.15, 0.2) is 6.04 Å². The van der Waals surface area contributed by atoms with Crippen LogP contribution in [-0.4, -0.2) is 7.25 Å². The molecule has 1 heterocycles. The molecule has 3 aromatic carbocycles. The molecule has 0 spiro atoms. The summed E-state index contributed by atoms with van der Waals surface area (Å²) in [7, 11) is -6.00. The van der Waals surface area contributed by atoms with Crippen molar-refractivity contribution in [2.45, 2.75) is 45.6 Å². The van der Waals surface area contributed by atoms with Crippen molar-refractivity contribution in [2.24, 2.45) is 0 Å². The number of pyridine rings is 1. The zero-order valence-corrected chi connectivity index (χ0v) is 20.6. The van der Waals surface area contributed by atoms with Crippen molar-refractivity contribution in [2.75, 3.05) is 0 Å². The van der Waals surface area contributed by atoms with Gasteiger partial charge in [-0.3, -0.25) is 0 Å². The minimum Gasteiger partial charge on any atom is -0.418 e.